The quantitative estimate of drug-likeness (QED) is 0.726. The molecule has 1 unspecified atom stereocenters. The number of anilines is 2. The minimum Gasteiger partial charge on any atom is -0.391 e. The van der Waals surface area contributed by atoms with Gasteiger partial charge in [0, 0.05) is 13.7 Å². The Labute approximate surface area is 109 Å². The molecular formula is C11H16N4O2S. The molecule has 6 nitrogen and oxygen atoms in total. The summed E-state index contributed by atoms with van der Waals surface area (Å²) in [7, 11) is 1.57. The standard InChI is InChI=1S/C11H16N4O2S/c1-17-6-7(16)2-4-13-9-8-3-5-18-10(8)15-11(12)14-9/h3,5,7,16H,2,4,6H2,1H3,(H3,12,13,14,15). The van der Waals surface area contributed by atoms with Crippen molar-refractivity contribution in [2.45, 2.75) is 12.5 Å². The number of methoxy groups -OCH3 is 1. The molecule has 0 saturated heterocycles. The molecule has 0 spiro atoms. The van der Waals surface area contributed by atoms with Crippen molar-refractivity contribution in [2.75, 3.05) is 31.3 Å². The number of nitrogens with zero attached hydrogens (tertiary/aromatic N) is 2. The van der Waals surface area contributed by atoms with Gasteiger partial charge in [-0.15, -0.1) is 11.3 Å². The monoisotopic (exact) mass is 268 g/mol. The largest absolute Gasteiger partial charge is 0.391 e. The number of nitrogens with one attached hydrogen (secondary N) is 1. The Morgan fingerprint density at radius 2 is 2.39 bits per heavy atom. The normalized spacial score (nSPS) is 12.8. The van der Waals surface area contributed by atoms with E-state index in [1.807, 2.05) is 11.4 Å². The van der Waals surface area contributed by atoms with E-state index >= 15 is 0 Å². The Hall–Kier alpha value is -1.44. The zero-order valence-electron chi connectivity index (χ0n) is 10.1. The van der Waals surface area contributed by atoms with Crippen LogP contribution in [0.2, 0.25) is 0 Å². The second-order valence-electron chi connectivity index (χ2n) is 3.89. The first-order valence-electron chi connectivity index (χ1n) is 5.62. The summed E-state index contributed by atoms with van der Waals surface area (Å²) in [6.45, 7) is 0.938. The topological polar surface area (TPSA) is 93.3 Å². The number of hydrogen-bond acceptors (Lipinski definition) is 7. The van der Waals surface area contributed by atoms with Gasteiger partial charge in [0.2, 0.25) is 5.95 Å². The molecule has 1 atom stereocenters. The Morgan fingerprint density at radius 3 is 3.17 bits per heavy atom. The van der Waals surface area contributed by atoms with Crippen LogP contribution in [0.1, 0.15) is 6.42 Å². The maximum atomic E-state index is 9.53. The van der Waals surface area contributed by atoms with E-state index in [4.69, 9.17) is 10.5 Å². The number of aliphatic hydroxyl groups excluding tert-OH is 1. The van der Waals surface area contributed by atoms with Gasteiger partial charge in [0.15, 0.2) is 0 Å². The molecule has 0 radical (unpaired) electrons. The van der Waals surface area contributed by atoms with Crippen molar-refractivity contribution in [1.82, 2.24) is 9.97 Å². The Morgan fingerprint density at radius 1 is 1.56 bits per heavy atom. The zero-order chi connectivity index (χ0) is 13.0. The molecule has 0 bridgehead atoms. The number of nitrogen functional groups attached to an aromatic ring is 1. The van der Waals surface area contributed by atoms with E-state index in [1.165, 1.54) is 11.3 Å². The Bertz CT molecular complexity index is 517. The molecule has 18 heavy (non-hydrogen) atoms. The number of fused-ring (bicyclic) bond motifs is 1. The number of thiophene rings is 1. The summed E-state index contributed by atoms with van der Waals surface area (Å²) in [5, 5.41) is 15.6. The summed E-state index contributed by atoms with van der Waals surface area (Å²) in [6, 6.07) is 1.95. The molecule has 2 heterocycles. The summed E-state index contributed by atoms with van der Waals surface area (Å²) >= 11 is 1.52. The van der Waals surface area contributed by atoms with Crippen LogP contribution < -0.4 is 11.1 Å². The minimum absolute atomic E-state index is 0.255. The van der Waals surface area contributed by atoms with E-state index in [0.717, 1.165) is 10.2 Å². The predicted octanol–water partition coefficient (Wildman–Crippen LogP) is 1.08. The fourth-order valence-corrected chi connectivity index (χ4v) is 2.41. The van der Waals surface area contributed by atoms with E-state index in [0.29, 0.717) is 25.4 Å². The Kier molecular flexibility index (Phi) is 4.29. The summed E-state index contributed by atoms with van der Waals surface area (Å²) in [6.07, 6.45) is 0.114. The second-order valence-corrected chi connectivity index (χ2v) is 4.79. The highest BCUT2D eigenvalue weighted by atomic mass is 32.1. The van der Waals surface area contributed by atoms with E-state index < -0.39 is 6.10 Å². The third kappa shape index (κ3) is 3.06. The van der Waals surface area contributed by atoms with Gasteiger partial charge >= 0.3 is 0 Å². The van der Waals surface area contributed by atoms with Crippen LogP contribution >= 0.6 is 11.3 Å². The molecule has 0 amide bonds. The van der Waals surface area contributed by atoms with Gasteiger partial charge in [-0.2, -0.15) is 4.98 Å². The van der Waals surface area contributed by atoms with Crippen molar-refractivity contribution >= 4 is 33.3 Å². The highest BCUT2D eigenvalue weighted by molar-refractivity contribution is 7.16. The molecule has 4 N–H and O–H groups in total. The van der Waals surface area contributed by atoms with Gasteiger partial charge < -0.3 is 20.9 Å². The van der Waals surface area contributed by atoms with Crippen molar-refractivity contribution in [2.24, 2.45) is 0 Å². The highest BCUT2D eigenvalue weighted by Crippen LogP contribution is 2.25. The number of ether oxygens (including phenoxy) is 1. The summed E-state index contributed by atoms with van der Waals surface area (Å²) in [5.41, 5.74) is 5.64. The second kappa shape index (κ2) is 5.94. The van der Waals surface area contributed by atoms with Crippen LogP contribution in [0.15, 0.2) is 11.4 Å². The Balaban J connectivity index is 2.00. The van der Waals surface area contributed by atoms with Gasteiger partial charge in [-0.25, -0.2) is 4.98 Å². The number of hydrogen-bond donors (Lipinski definition) is 3. The molecule has 0 aliphatic rings. The van der Waals surface area contributed by atoms with Crippen LogP contribution in [-0.2, 0) is 4.74 Å². The molecule has 7 heteroatoms. The van der Waals surface area contributed by atoms with Crippen molar-refractivity contribution in [1.29, 1.82) is 0 Å². The maximum Gasteiger partial charge on any atom is 0.223 e. The fourth-order valence-electron chi connectivity index (χ4n) is 1.64. The first-order chi connectivity index (χ1) is 8.70. The van der Waals surface area contributed by atoms with Crippen molar-refractivity contribution in [3.8, 4) is 0 Å². The molecular weight excluding hydrogens is 252 g/mol. The molecule has 0 fully saturated rings. The summed E-state index contributed by atoms with van der Waals surface area (Å²) in [4.78, 5) is 9.17. The van der Waals surface area contributed by atoms with Crippen molar-refractivity contribution < 1.29 is 9.84 Å². The average Bonchev–Trinajstić information content (AvgIpc) is 2.77. The lowest BCUT2D eigenvalue weighted by Gasteiger charge is -2.11. The number of aromatic nitrogens is 2. The maximum absolute atomic E-state index is 9.53. The molecule has 2 rings (SSSR count). The summed E-state index contributed by atoms with van der Waals surface area (Å²) < 4.78 is 4.86. The lowest BCUT2D eigenvalue weighted by atomic mass is 10.2. The number of aliphatic hydroxyl groups is 1. The van der Waals surface area contributed by atoms with Gasteiger partial charge in [-0.1, -0.05) is 0 Å². The first kappa shape index (κ1) is 13.0. The van der Waals surface area contributed by atoms with E-state index in [1.54, 1.807) is 7.11 Å². The van der Waals surface area contributed by atoms with Crippen LogP contribution in [-0.4, -0.2) is 41.4 Å². The molecule has 0 saturated carbocycles. The van der Waals surface area contributed by atoms with E-state index in [-0.39, 0.29) is 5.95 Å². The third-order valence-corrected chi connectivity index (χ3v) is 3.28. The van der Waals surface area contributed by atoms with Crippen molar-refractivity contribution in [3.05, 3.63) is 11.4 Å². The first-order valence-corrected chi connectivity index (χ1v) is 6.50. The summed E-state index contributed by atoms with van der Waals surface area (Å²) in [5.74, 6) is 0.966. The number of rotatable bonds is 6. The van der Waals surface area contributed by atoms with Gasteiger partial charge in [0.1, 0.15) is 10.6 Å². The third-order valence-electron chi connectivity index (χ3n) is 2.47. The molecule has 0 aliphatic heterocycles. The smallest absolute Gasteiger partial charge is 0.223 e. The van der Waals surface area contributed by atoms with Crippen LogP contribution in [0, 0.1) is 0 Å². The lowest BCUT2D eigenvalue weighted by Crippen LogP contribution is -2.18. The fraction of sp³-hybridized carbons (Fsp3) is 0.455. The molecule has 2 aromatic rings. The molecule has 0 aliphatic carbocycles. The van der Waals surface area contributed by atoms with E-state index in [9.17, 15) is 5.11 Å². The molecule has 98 valence electrons. The van der Waals surface area contributed by atoms with Gasteiger partial charge in [0.05, 0.1) is 18.1 Å². The van der Waals surface area contributed by atoms with Gasteiger partial charge in [0.25, 0.3) is 0 Å². The molecule has 0 aromatic carbocycles. The van der Waals surface area contributed by atoms with Crippen LogP contribution in [0.25, 0.3) is 10.2 Å². The SMILES string of the molecule is COCC(O)CCNc1nc(N)nc2sccc12. The zero-order valence-corrected chi connectivity index (χ0v) is 10.9. The van der Waals surface area contributed by atoms with Crippen LogP contribution in [0.3, 0.4) is 0 Å². The van der Waals surface area contributed by atoms with E-state index in [2.05, 4.69) is 15.3 Å². The average molecular weight is 268 g/mol. The number of nitrogens with two attached hydrogens (primary N) is 1. The predicted molar refractivity (Wildman–Crippen MR) is 72.8 cm³/mol. The van der Waals surface area contributed by atoms with Gasteiger partial charge in [-0.3, -0.25) is 0 Å². The van der Waals surface area contributed by atoms with Crippen molar-refractivity contribution in [3.63, 3.8) is 0 Å². The van der Waals surface area contributed by atoms with Crippen LogP contribution in [0.4, 0.5) is 11.8 Å². The lowest BCUT2D eigenvalue weighted by molar-refractivity contribution is 0.0615. The van der Waals surface area contributed by atoms with Crippen LogP contribution in [0.5, 0.6) is 0 Å². The van der Waals surface area contributed by atoms with Gasteiger partial charge in [-0.05, 0) is 17.9 Å². The highest BCUT2D eigenvalue weighted by Gasteiger charge is 2.08. The molecule has 2 aromatic heterocycles. The minimum atomic E-state index is -0.473.